The van der Waals surface area contributed by atoms with Crippen LogP contribution in [0.1, 0.15) is 120 Å². The average Bonchev–Trinajstić information content (AvgIpc) is 3.31. The van der Waals surface area contributed by atoms with Gasteiger partial charge in [-0.25, -0.2) is 9.59 Å². The van der Waals surface area contributed by atoms with E-state index < -0.39 is 18.1 Å². The third kappa shape index (κ3) is 11.4. The summed E-state index contributed by atoms with van der Waals surface area (Å²) >= 11 is 5.47. The van der Waals surface area contributed by atoms with E-state index in [1.54, 1.807) is 0 Å². The minimum Gasteiger partial charge on any atom is -0.480 e. The van der Waals surface area contributed by atoms with Gasteiger partial charge in [0.05, 0.1) is 4.99 Å². The highest BCUT2D eigenvalue weighted by molar-refractivity contribution is 7.80. The molecule has 0 saturated carbocycles. The van der Waals surface area contributed by atoms with Crippen LogP contribution in [0.5, 0.6) is 0 Å². The van der Waals surface area contributed by atoms with Gasteiger partial charge in [0.25, 0.3) is 0 Å². The van der Waals surface area contributed by atoms with Crippen molar-refractivity contribution in [2.45, 2.75) is 115 Å². The van der Waals surface area contributed by atoms with Gasteiger partial charge in [-0.1, -0.05) is 132 Å². The number of benzene rings is 2. The van der Waals surface area contributed by atoms with Crippen molar-refractivity contribution >= 4 is 29.3 Å². The molecular weight excluding hydrogens is 544 g/mol. The van der Waals surface area contributed by atoms with Gasteiger partial charge in [0.2, 0.25) is 0 Å². The normalized spacial score (nSPS) is 12.8. The van der Waals surface area contributed by atoms with E-state index in [1.165, 1.54) is 64.2 Å². The highest BCUT2D eigenvalue weighted by Crippen LogP contribution is 2.44. The molecule has 1 amide bonds. The van der Waals surface area contributed by atoms with Gasteiger partial charge in [-0.15, -0.1) is 0 Å². The highest BCUT2D eigenvalue weighted by atomic mass is 32.1. The van der Waals surface area contributed by atoms with Gasteiger partial charge in [0, 0.05) is 12.5 Å². The lowest BCUT2D eigenvalue weighted by atomic mass is 9.98. The van der Waals surface area contributed by atoms with Crippen molar-refractivity contribution in [3.8, 4) is 11.1 Å². The fourth-order valence-electron chi connectivity index (χ4n) is 5.78. The van der Waals surface area contributed by atoms with Crippen LogP contribution in [0.4, 0.5) is 4.79 Å². The Balaban J connectivity index is 1.24. The second-order valence-electron chi connectivity index (χ2n) is 11.5. The number of hydrogen-bond acceptors (Lipinski definition) is 4. The number of rotatable bonds is 21. The number of nitrogens with one attached hydrogen (secondary N) is 2. The van der Waals surface area contributed by atoms with Crippen LogP contribution in [-0.4, -0.2) is 41.4 Å². The van der Waals surface area contributed by atoms with Crippen LogP contribution in [0.2, 0.25) is 0 Å². The van der Waals surface area contributed by atoms with E-state index in [2.05, 4.69) is 41.8 Å². The molecule has 0 saturated heterocycles. The number of unbranched alkanes of at least 4 members (excludes halogenated alkanes) is 11. The van der Waals surface area contributed by atoms with Gasteiger partial charge in [0.1, 0.15) is 12.6 Å². The molecule has 0 radical (unpaired) electrons. The third-order valence-corrected chi connectivity index (χ3v) is 8.53. The van der Waals surface area contributed by atoms with Crippen LogP contribution >= 0.6 is 12.2 Å². The molecule has 1 aliphatic carbocycles. The molecule has 2 aromatic carbocycles. The molecule has 7 heteroatoms. The fraction of sp³-hybridized carbons (Fsp3) is 0.571. The molecule has 0 spiro atoms. The summed E-state index contributed by atoms with van der Waals surface area (Å²) in [5.74, 6) is -1.12. The van der Waals surface area contributed by atoms with Crippen molar-refractivity contribution in [2.75, 3.05) is 13.2 Å². The Morgan fingerprint density at radius 1 is 0.810 bits per heavy atom. The molecule has 2 aromatic rings. The van der Waals surface area contributed by atoms with Crippen molar-refractivity contribution in [3.63, 3.8) is 0 Å². The number of amides is 1. The average molecular weight is 595 g/mol. The first-order valence-corrected chi connectivity index (χ1v) is 16.5. The first-order valence-electron chi connectivity index (χ1n) is 16.1. The van der Waals surface area contributed by atoms with Gasteiger partial charge in [-0.3, -0.25) is 0 Å². The van der Waals surface area contributed by atoms with Crippen molar-refractivity contribution in [1.82, 2.24) is 10.6 Å². The SMILES string of the molecule is CCCCCCCCCCCCCC(=S)NCCCC[C@H](NC(=O)OCC1c2ccccc2-c2ccccc21)C(=O)O. The van der Waals surface area contributed by atoms with Crippen molar-refractivity contribution in [3.05, 3.63) is 59.7 Å². The Morgan fingerprint density at radius 2 is 1.36 bits per heavy atom. The highest BCUT2D eigenvalue weighted by Gasteiger charge is 2.29. The molecule has 0 fully saturated rings. The second kappa shape index (κ2) is 19.3. The van der Waals surface area contributed by atoms with E-state index in [0.717, 1.165) is 46.5 Å². The number of carboxylic acids is 1. The number of ether oxygens (including phenoxy) is 1. The van der Waals surface area contributed by atoms with E-state index in [1.807, 2.05) is 24.3 Å². The first kappa shape index (κ1) is 33.6. The molecule has 1 atom stereocenters. The maximum atomic E-state index is 12.5. The van der Waals surface area contributed by atoms with E-state index in [-0.39, 0.29) is 12.5 Å². The number of carbonyl (C=O) groups is 2. The predicted molar refractivity (Wildman–Crippen MR) is 175 cm³/mol. The lowest BCUT2D eigenvalue weighted by Crippen LogP contribution is -2.41. The standard InChI is InChI=1S/C35H50N2O4S/c1-2-3-4-5-6-7-8-9-10-11-12-24-33(42)36-25-18-17-23-32(34(38)39)37-35(40)41-26-31-29-21-15-13-19-27(29)28-20-14-16-22-30(28)31/h13-16,19-22,31-32H,2-12,17-18,23-26H2,1H3,(H,36,42)(H,37,40)(H,38,39)/t32-/m0/s1. The molecule has 42 heavy (non-hydrogen) atoms. The van der Waals surface area contributed by atoms with Crippen LogP contribution < -0.4 is 10.6 Å². The van der Waals surface area contributed by atoms with Gasteiger partial charge in [-0.2, -0.15) is 0 Å². The molecule has 3 N–H and O–H groups in total. The monoisotopic (exact) mass is 594 g/mol. The Kier molecular flexibility index (Phi) is 15.4. The van der Waals surface area contributed by atoms with E-state index >= 15 is 0 Å². The second-order valence-corrected chi connectivity index (χ2v) is 12.0. The fourth-order valence-corrected chi connectivity index (χ4v) is 6.03. The number of aliphatic carboxylic acids is 1. The summed E-state index contributed by atoms with van der Waals surface area (Å²) in [6.07, 6.45) is 16.5. The smallest absolute Gasteiger partial charge is 0.407 e. The van der Waals surface area contributed by atoms with Crippen LogP contribution in [0.3, 0.4) is 0 Å². The van der Waals surface area contributed by atoms with Gasteiger partial charge >= 0.3 is 12.1 Å². The maximum absolute atomic E-state index is 12.5. The van der Waals surface area contributed by atoms with Crippen LogP contribution in [0, 0.1) is 0 Å². The number of fused-ring (bicyclic) bond motifs is 3. The molecule has 0 aromatic heterocycles. The molecule has 0 aliphatic heterocycles. The minimum atomic E-state index is -1.05. The number of thiocarbonyl (C=S) groups is 1. The molecular formula is C35H50N2O4S. The molecule has 1 aliphatic rings. The number of carboxylic acid groups (broad SMARTS) is 1. The summed E-state index contributed by atoms with van der Waals surface area (Å²) in [5.41, 5.74) is 4.54. The van der Waals surface area contributed by atoms with Crippen molar-refractivity contribution in [2.24, 2.45) is 0 Å². The first-order chi connectivity index (χ1) is 20.5. The minimum absolute atomic E-state index is 0.0635. The Hall–Kier alpha value is -2.93. The van der Waals surface area contributed by atoms with Crippen molar-refractivity contribution < 1.29 is 19.4 Å². The number of alkyl carbamates (subject to hydrolysis) is 1. The van der Waals surface area contributed by atoms with Gasteiger partial charge in [-0.05, 0) is 54.4 Å². The zero-order valence-corrected chi connectivity index (χ0v) is 26.2. The lowest BCUT2D eigenvalue weighted by molar-refractivity contribution is -0.139. The summed E-state index contributed by atoms with van der Waals surface area (Å²) < 4.78 is 5.53. The van der Waals surface area contributed by atoms with E-state index in [0.29, 0.717) is 19.4 Å². The third-order valence-electron chi connectivity index (χ3n) is 8.18. The van der Waals surface area contributed by atoms with E-state index in [9.17, 15) is 14.7 Å². The Labute approximate surface area is 258 Å². The molecule has 0 unspecified atom stereocenters. The molecule has 3 rings (SSSR count). The summed E-state index contributed by atoms with van der Waals surface area (Å²) in [5, 5.41) is 15.5. The zero-order valence-electron chi connectivity index (χ0n) is 25.4. The topological polar surface area (TPSA) is 87.7 Å². The number of hydrogen-bond donors (Lipinski definition) is 3. The van der Waals surface area contributed by atoms with Crippen molar-refractivity contribution in [1.29, 1.82) is 0 Å². The molecule has 230 valence electrons. The summed E-state index contributed by atoms with van der Waals surface area (Å²) in [7, 11) is 0. The quantitative estimate of drug-likeness (QED) is 0.0989. The van der Waals surface area contributed by atoms with Crippen LogP contribution in [0.15, 0.2) is 48.5 Å². The Morgan fingerprint density at radius 3 is 1.93 bits per heavy atom. The predicted octanol–water partition coefficient (Wildman–Crippen LogP) is 8.77. The Bertz CT molecular complexity index is 1080. The van der Waals surface area contributed by atoms with Crippen LogP contribution in [0.25, 0.3) is 11.1 Å². The van der Waals surface area contributed by atoms with E-state index in [4.69, 9.17) is 17.0 Å². The molecule has 6 nitrogen and oxygen atoms in total. The molecule has 0 bridgehead atoms. The lowest BCUT2D eigenvalue weighted by Gasteiger charge is -2.17. The summed E-state index contributed by atoms with van der Waals surface area (Å²) in [4.78, 5) is 25.2. The number of carbonyl (C=O) groups excluding carboxylic acids is 1. The van der Waals surface area contributed by atoms with Gasteiger partial charge in [0.15, 0.2) is 0 Å². The summed E-state index contributed by atoms with van der Waals surface area (Å²) in [6.45, 7) is 3.13. The zero-order chi connectivity index (χ0) is 30.0. The largest absolute Gasteiger partial charge is 0.480 e. The molecule has 0 heterocycles. The summed E-state index contributed by atoms with van der Waals surface area (Å²) in [6, 6.07) is 15.3. The van der Waals surface area contributed by atoms with Gasteiger partial charge < -0.3 is 20.5 Å². The van der Waals surface area contributed by atoms with Crippen LogP contribution in [-0.2, 0) is 9.53 Å². The maximum Gasteiger partial charge on any atom is 0.407 e.